The van der Waals surface area contributed by atoms with Crippen LogP contribution >= 0.6 is 11.3 Å². The van der Waals surface area contributed by atoms with Crippen molar-refractivity contribution in [2.45, 2.75) is 45.2 Å². The van der Waals surface area contributed by atoms with Crippen LogP contribution in [0.5, 0.6) is 0 Å². The summed E-state index contributed by atoms with van der Waals surface area (Å²) in [4.78, 5) is 16.7. The molecule has 0 saturated carbocycles. The third-order valence-electron chi connectivity index (χ3n) is 4.05. The molecule has 1 aromatic heterocycles. The van der Waals surface area contributed by atoms with Crippen molar-refractivity contribution in [2.24, 2.45) is 0 Å². The van der Waals surface area contributed by atoms with Gasteiger partial charge in [0.05, 0.1) is 16.7 Å². The Bertz CT molecular complexity index is 642. The molecule has 0 bridgehead atoms. The lowest BCUT2D eigenvalue weighted by Gasteiger charge is -2.16. The van der Waals surface area contributed by atoms with Gasteiger partial charge in [0.15, 0.2) is 0 Å². The van der Waals surface area contributed by atoms with Gasteiger partial charge < -0.3 is 10.6 Å². The zero-order valence-electron chi connectivity index (χ0n) is 12.9. The van der Waals surface area contributed by atoms with Crippen LogP contribution in [0.4, 0.5) is 4.79 Å². The lowest BCUT2D eigenvalue weighted by molar-refractivity contribution is 0.234. The topological polar surface area (TPSA) is 54.0 Å². The maximum absolute atomic E-state index is 12.2. The van der Waals surface area contributed by atoms with Gasteiger partial charge in [-0.15, -0.1) is 11.3 Å². The van der Waals surface area contributed by atoms with Crippen LogP contribution in [0.15, 0.2) is 29.6 Å². The smallest absolute Gasteiger partial charge is 0.315 e. The molecule has 3 rings (SSSR count). The number of rotatable bonds is 4. The molecule has 2 amide bonds. The van der Waals surface area contributed by atoms with E-state index in [0.717, 1.165) is 30.0 Å². The largest absolute Gasteiger partial charge is 0.335 e. The highest BCUT2D eigenvalue weighted by Crippen LogP contribution is 2.22. The molecule has 0 radical (unpaired) electrons. The summed E-state index contributed by atoms with van der Waals surface area (Å²) in [6.45, 7) is 4.06. The summed E-state index contributed by atoms with van der Waals surface area (Å²) < 4.78 is 0. The third-order valence-corrected chi connectivity index (χ3v) is 5.06. The van der Waals surface area contributed by atoms with E-state index in [9.17, 15) is 4.79 Å². The SMILES string of the molecule is CCc1nc(C(C)NC(=O)NC2Cc3ccccc3C2)cs1. The molecule has 5 heteroatoms. The first-order valence-electron chi connectivity index (χ1n) is 7.73. The summed E-state index contributed by atoms with van der Waals surface area (Å²) in [5.74, 6) is 0. The molecule has 1 unspecified atom stereocenters. The minimum atomic E-state index is -0.114. The number of nitrogens with one attached hydrogen (secondary N) is 2. The quantitative estimate of drug-likeness (QED) is 0.910. The number of hydrogen-bond donors (Lipinski definition) is 2. The number of aromatic nitrogens is 1. The van der Waals surface area contributed by atoms with Crippen LogP contribution in [-0.2, 0) is 19.3 Å². The van der Waals surface area contributed by atoms with Crippen molar-refractivity contribution >= 4 is 17.4 Å². The van der Waals surface area contributed by atoms with Gasteiger partial charge in [0.25, 0.3) is 0 Å². The number of fused-ring (bicyclic) bond motifs is 1. The summed E-state index contributed by atoms with van der Waals surface area (Å²) >= 11 is 1.65. The lowest BCUT2D eigenvalue weighted by Crippen LogP contribution is -2.43. The second-order valence-corrected chi connectivity index (χ2v) is 6.68. The highest BCUT2D eigenvalue weighted by molar-refractivity contribution is 7.09. The van der Waals surface area contributed by atoms with E-state index in [4.69, 9.17) is 0 Å². The van der Waals surface area contributed by atoms with E-state index in [-0.39, 0.29) is 18.1 Å². The summed E-state index contributed by atoms with van der Waals surface area (Å²) in [5, 5.41) is 9.18. The van der Waals surface area contributed by atoms with E-state index in [1.54, 1.807) is 11.3 Å². The first-order chi connectivity index (χ1) is 10.7. The molecule has 0 saturated heterocycles. The van der Waals surface area contributed by atoms with Gasteiger partial charge in [-0.05, 0) is 37.3 Å². The van der Waals surface area contributed by atoms with Gasteiger partial charge in [-0.2, -0.15) is 0 Å². The highest BCUT2D eigenvalue weighted by atomic mass is 32.1. The minimum absolute atomic E-state index is 0.0691. The Kier molecular flexibility index (Phi) is 4.43. The Labute approximate surface area is 135 Å². The average Bonchev–Trinajstić information content (AvgIpc) is 3.12. The van der Waals surface area contributed by atoms with Gasteiger partial charge in [-0.25, -0.2) is 9.78 Å². The predicted octanol–water partition coefficient (Wildman–Crippen LogP) is 3.23. The van der Waals surface area contributed by atoms with Gasteiger partial charge in [0.2, 0.25) is 0 Å². The number of urea groups is 1. The number of aryl methyl sites for hydroxylation is 1. The van der Waals surface area contributed by atoms with Gasteiger partial charge >= 0.3 is 6.03 Å². The van der Waals surface area contributed by atoms with E-state index < -0.39 is 0 Å². The summed E-state index contributed by atoms with van der Waals surface area (Å²) in [7, 11) is 0. The fraction of sp³-hybridized carbons (Fsp3) is 0.412. The molecule has 1 atom stereocenters. The Balaban J connectivity index is 1.53. The second-order valence-electron chi connectivity index (χ2n) is 5.73. The van der Waals surface area contributed by atoms with E-state index in [2.05, 4.69) is 46.8 Å². The average molecular weight is 315 g/mol. The van der Waals surface area contributed by atoms with Crippen molar-refractivity contribution in [3.8, 4) is 0 Å². The van der Waals surface area contributed by atoms with E-state index in [0.29, 0.717) is 0 Å². The second kappa shape index (κ2) is 6.48. The monoisotopic (exact) mass is 315 g/mol. The summed E-state index contributed by atoms with van der Waals surface area (Å²) in [6.07, 6.45) is 2.76. The lowest BCUT2D eigenvalue weighted by atomic mass is 10.1. The number of thiazole rings is 1. The molecule has 22 heavy (non-hydrogen) atoms. The maximum Gasteiger partial charge on any atom is 0.315 e. The Morgan fingerprint density at radius 1 is 1.36 bits per heavy atom. The third kappa shape index (κ3) is 3.30. The molecule has 1 aromatic carbocycles. The Morgan fingerprint density at radius 3 is 2.64 bits per heavy atom. The van der Waals surface area contributed by atoms with Crippen molar-refractivity contribution in [3.05, 3.63) is 51.5 Å². The first-order valence-corrected chi connectivity index (χ1v) is 8.61. The Hall–Kier alpha value is -1.88. The molecule has 1 aliphatic rings. The van der Waals surface area contributed by atoms with Crippen LogP contribution in [0.25, 0.3) is 0 Å². The fourth-order valence-electron chi connectivity index (χ4n) is 2.84. The van der Waals surface area contributed by atoms with Crippen molar-refractivity contribution in [3.63, 3.8) is 0 Å². The molecular weight excluding hydrogens is 294 g/mol. The molecule has 116 valence electrons. The Morgan fingerprint density at radius 2 is 2.05 bits per heavy atom. The zero-order chi connectivity index (χ0) is 15.5. The molecule has 2 aromatic rings. The van der Waals surface area contributed by atoms with E-state index in [1.165, 1.54) is 11.1 Å². The van der Waals surface area contributed by atoms with Crippen molar-refractivity contribution < 1.29 is 4.79 Å². The minimum Gasteiger partial charge on any atom is -0.335 e. The highest BCUT2D eigenvalue weighted by Gasteiger charge is 2.23. The van der Waals surface area contributed by atoms with Crippen LogP contribution < -0.4 is 10.6 Å². The van der Waals surface area contributed by atoms with Crippen molar-refractivity contribution in [1.29, 1.82) is 0 Å². The molecule has 1 heterocycles. The van der Waals surface area contributed by atoms with Gasteiger partial charge in [0.1, 0.15) is 0 Å². The first kappa shape index (κ1) is 15.0. The molecule has 0 fully saturated rings. The van der Waals surface area contributed by atoms with Crippen LogP contribution in [0.2, 0.25) is 0 Å². The maximum atomic E-state index is 12.2. The van der Waals surface area contributed by atoms with Gasteiger partial charge in [0, 0.05) is 11.4 Å². The molecule has 0 aliphatic heterocycles. The number of amides is 2. The normalized spacial score (nSPS) is 15.4. The fourth-order valence-corrected chi connectivity index (χ4v) is 3.68. The van der Waals surface area contributed by atoms with Crippen LogP contribution in [0.3, 0.4) is 0 Å². The zero-order valence-corrected chi connectivity index (χ0v) is 13.7. The predicted molar refractivity (Wildman–Crippen MR) is 89.2 cm³/mol. The molecule has 2 N–H and O–H groups in total. The van der Waals surface area contributed by atoms with Crippen molar-refractivity contribution in [1.82, 2.24) is 15.6 Å². The van der Waals surface area contributed by atoms with Crippen molar-refractivity contribution in [2.75, 3.05) is 0 Å². The molecule has 4 nitrogen and oxygen atoms in total. The standard InChI is InChI=1S/C17H21N3OS/c1-3-16-20-15(10-22-16)11(2)18-17(21)19-14-8-12-6-4-5-7-13(12)9-14/h4-7,10-11,14H,3,8-9H2,1-2H3,(H2,18,19,21). The number of carbonyl (C=O) groups excluding carboxylic acids is 1. The molecular formula is C17H21N3OS. The number of hydrogen-bond acceptors (Lipinski definition) is 3. The number of benzene rings is 1. The van der Waals surface area contributed by atoms with E-state index >= 15 is 0 Å². The van der Waals surface area contributed by atoms with Crippen LogP contribution in [0.1, 0.15) is 41.7 Å². The van der Waals surface area contributed by atoms with Gasteiger partial charge in [-0.1, -0.05) is 31.2 Å². The van der Waals surface area contributed by atoms with Gasteiger partial charge in [-0.3, -0.25) is 0 Å². The summed E-state index contributed by atoms with van der Waals surface area (Å²) in [5.41, 5.74) is 3.62. The van der Waals surface area contributed by atoms with Crippen LogP contribution in [0, 0.1) is 0 Å². The summed E-state index contributed by atoms with van der Waals surface area (Å²) in [6, 6.07) is 8.38. The number of nitrogens with zero attached hydrogens (tertiary/aromatic N) is 1. The number of carbonyl (C=O) groups is 1. The van der Waals surface area contributed by atoms with E-state index in [1.807, 2.05) is 12.3 Å². The molecule has 1 aliphatic carbocycles. The molecule has 0 spiro atoms. The van der Waals surface area contributed by atoms with Crippen LogP contribution in [-0.4, -0.2) is 17.1 Å².